The van der Waals surface area contributed by atoms with Gasteiger partial charge in [-0.25, -0.2) is 4.98 Å². The van der Waals surface area contributed by atoms with Gasteiger partial charge in [0, 0.05) is 23.7 Å². The van der Waals surface area contributed by atoms with E-state index in [1.54, 1.807) is 10.8 Å². The van der Waals surface area contributed by atoms with E-state index in [9.17, 15) is 4.79 Å². The van der Waals surface area contributed by atoms with Gasteiger partial charge in [-0.2, -0.15) is 0 Å². The van der Waals surface area contributed by atoms with Gasteiger partial charge in [-0.15, -0.1) is 0 Å². The lowest BCUT2D eigenvalue weighted by Gasteiger charge is -2.14. The maximum atomic E-state index is 13.1. The van der Waals surface area contributed by atoms with Crippen molar-refractivity contribution in [2.45, 2.75) is 33.7 Å². The lowest BCUT2D eigenvalue weighted by molar-refractivity contribution is 0.340. The standard InChI is InChI=1S/C21H24N2O2/c1-4-25-18-9-5-7-16(13-18)19-14-17-8-6-11-22-20(17)23(21(19)24)12-10-15(2)3/h5-9,11,13-15H,4,10,12H2,1-3H3. The first-order valence-electron chi connectivity index (χ1n) is 8.82. The summed E-state index contributed by atoms with van der Waals surface area (Å²) in [6.07, 6.45) is 2.68. The zero-order valence-electron chi connectivity index (χ0n) is 15.0. The van der Waals surface area contributed by atoms with Crippen LogP contribution in [0.1, 0.15) is 27.2 Å². The summed E-state index contributed by atoms with van der Waals surface area (Å²) in [5.74, 6) is 1.30. The quantitative estimate of drug-likeness (QED) is 0.665. The number of rotatable bonds is 6. The molecule has 0 radical (unpaired) electrons. The molecule has 1 aromatic carbocycles. The summed E-state index contributed by atoms with van der Waals surface area (Å²) in [5, 5.41) is 0.975. The Bertz CT molecular complexity index is 929. The number of benzene rings is 1. The number of pyridine rings is 2. The second-order valence-corrected chi connectivity index (χ2v) is 6.57. The van der Waals surface area contributed by atoms with Gasteiger partial charge in [-0.3, -0.25) is 9.36 Å². The van der Waals surface area contributed by atoms with Crippen molar-refractivity contribution in [3.63, 3.8) is 0 Å². The van der Waals surface area contributed by atoms with Gasteiger partial charge in [0.05, 0.1) is 6.61 Å². The smallest absolute Gasteiger partial charge is 0.260 e. The molecule has 3 rings (SSSR count). The minimum Gasteiger partial charge on any atom is -0.494 e. The molecular weight excluding hydrogens is 312 g/mol. The van der Waals surface area contributed by atoms with E-state index in [4.69, 9.17) is 4.74 Å². The summed E-state index contributed by atoms with van der Waals surface area (Å²) >= 11 is 0. The van der Waals surface area contributed by atoms with Crippen molar-refractivity contribution < 1.29 is 4.74 Å². The molecule has 0 aliphatic rings. The minimum absolute atomic E-state index is 0.000462. The fourth-order valence-corrected chi connectivity index (χ4v) is 2.93. The average molecular weight is 336 g/mol. The van der Waals surface area contributed by atoms with Gasteiger partial charge in [-0.05, 0) is 55.2 Å². The second-order valence-electron chi connectivity index (χ2n) is 6.57. The molecule has 0 fully saturated rings. The summed E-state index contributed by atoms with van der Waals surface area (Å²) in [7, 11) is 0. The molecule has 0 saturated carbocycles. The van der Waals surface area contributed by atoms with E-state index >= 15 is 0 Å². The highest BCUT2D eigenvalue weighted by Crippen LogP contribution is 2.24. The molecule has 25 heavy (non-hydrogen) atoms. The third-order valence-corrected chi connectivity index (χ3v) is 4.23. The highest BCUT2D eigenvalue weighted by Gasteiger charge is 2.13. The van der Waals surface area contributed by atoms with Crippen LogP contribution >= 0.6 is 0 Å². The third-order valence-electron chi connectivity index (χ3n) is 4.23. The molecule has 0 atom stereocenters. The molecule has 0 saturated heterocycles. The lowest BCUT2D eigenvalue weighted by atomic mass is 10.0. The predicted octanol–water partition coefficient (Wildman–Crippen LogP) is 4.51. The second kappa shape index (κ2) is 7.51. The van der Waals surface area contributed by atoms with Gasteiger partial charge in [-0.1, -0.05) is 26.0 Å². The molecular formula is C21H24N2O2. The number of aryl methyl sites for hydroxylation is 1. The van der Waals surface area contributed by atoms with Crippen molar-refractivity contribution in [2.24, 2.45) is 5.92 Å². The van der Waals surface area contributed by atoms with Crippen LogP contribution in [0.4, 0.5) is 0 Å². The van der Waals surface area contributed by atoms with Crippen LogP contribution in [0.15, 0.2) is 53.5 Å². The van der Waals surface area contributed by atoms with Crippen LogP contribution in [0, 0.1) is 5.92 Å². The number of hydrogen-bond acceptors (Lipinski definition) is 3. The van der Waals surface area contributed by atoms with Gasteiger partial charge >= 0.3 is 0 Å². The monoisotopic (exact) mass is 336 g/mol. The SMILES string of the molecule is CCOc1cccc(-c2cc3cccnc3n(CCC(C)C)c2=O)c1. The zero-order valence-corrected chi connectivity index (χ0v) is 15.0. The number of aromatic nitrogens is 2. The van der Waals surface area contributed by atoms with E-state index in [-0.39, 0.29) is 5.56 Å². The van der Waals surface area contributed by atoms with Gasteiger partial charge in [0.25, 0.3) is 5.56 Å². The van der Waals surface area contributed by atoms with Crippen LogP contribution in [0.5, 0.6) is 5.75 Å². The van der Waals surface area contributed by atoms with Gasteiger partial charge in [0.2, 0.25) is 0 Å². The van der Waals surface area contributed by atoms with Crippen molar-refractivity contribution in [3.8, 4) is 16.9 Å². The van der Waals surface area contributed by atoms with Crippen LogP contribution in [-0.4, -0.2) is 16.2 Å². The molecule has 2 heterocycles. The Morgan fingerprint density at radius 1 is 1.16 bits per heavy atom. The van der Waals surface area contributed by atoms with Crippen molar-refractivity contribution in [1.82, 2.24) is 9.55 Å². The third kappa shape index (κ3) is 3.73. The van der Waals surface area contributed by atoms with Gasteiger partial charge in [0.15, 0.2) is 0 Å². The van der Waals surface area contributed by atoms with Crippen LogP contribution < -0.4 is 10.3 Å². The van der Waals surface area contributed by atoms with Crippen molar-refractivity contribution in [1.29, 1.82) is 0 Å². The normalized spacial score (nSPS) is 11.2. The fraction of sp³-hybridized carbons (Fsp3) is 0.333. The molecule has 130 valence electrons. The molecule has 0 spiro atoms. The number of fused-ring (bicyclic) bond motifs is 1. The molecule has 0 aliphatic carbocycles. The Hall–Kier alpha value is -2.62. The van der Waals surface area contributed by atoms with Crippen LogP contribution in [-0.2, 0) is 6.54 Å². The molecule has 0 aliphatic heterocycles. The molecule has 3 aromatic rings. The summed E-state index contributed by atoms with van der Waals surface area (Å²) in [5.41, 5.74) is 2.31. The molecule has 2 aromatic heterocycles. The molecule has 0 N–H and O–H groups in total. The zero-order chi connectivity index (χ0) is 17.8. The highest BCUT2D eigenvalue weighted by molar-refractivity contribution is 5.81. The first-order chi connectivity index (χ1) is 12.1. The molecule has 4 nitrogen and oxygen atoms in total. The first kappa shape index (κ1) is 17.2. The highest BCUT2D eigenvalue weighted by atomic mass is 16.5. The van der Waals surface area contributed by atoms with E-state index in [2.05, 4.69) is 18.8 Å². The van der Waals surface area contributed by atoms with Gasteiger partial charge in [0.1, 0.15) is 11.4 Å². The number of ether oxygens (including phenoxy) is 1. The largest absolute Gasteiger partial charge is 0.494 e. The molecule has 0 amide bonds. The maximum Gasteiger partial charge on any atom is 0.260 e. The Morgan fingerprint density at radius 3 is 2.76 bits per heavy atom. The van der Waals surface area contributed by atoms with Crippen LogP contribution in [0.25, 0.3) is 22.2 Å². The fourth-order valence-electron chi connectivity index (χ4n) is 2.93. The predicted molar refractivity (Wildman–Crippen MR) is 102 cm³/mol. The topological polar surface area (TPSA) is 44.1 Å². The molecule has 4 heteroatoms. The van der Waals surface area contributed by atoms with E-state index in [1.165, 1.54) is 0 Å². The van der Waals surface area contributed by atoms with Crippen molar-refractivity contribution >= 4 is 11.0 Å². The Balaban J connectivity index is 2.17. The molecule has 0 unspecified atom stereocenters. The summed E-state index contributed by atoms with van der Waals surface area (Å²) in [4.78, 5) is 17.6. The first-order valence-corrected chi connectivity index (χ1v) is 8.82. The van der Waals surface area contributed by atoms with E-state index < -0.39 is 0 Å². The summed E-state index contributed by atoms with van der Waals surface area (Å²) < 4.78 is 7.39. The summed E-state index contributed by atoms with van der Waals surface area (Å²) in [6, 6.07) is 13.5. The number of nitrogens with zero attached hydrogens (tertiary/aromatic N) is 2. The Kier molecular flexibility index (Phi) is 5.17. The number of hydrogen-bond donors (Lipinski definition) is 0. The Morgan fingerprint density at radius 2 is 2.00 bits per heavy atom. The van der Waals surface area contributed by atoms with Crippen molar-refractivity contribution in [2.75, 3.05) is 6.61 Å². The lowest BCUT2D eigenvalue weighted by Crippen LogP contribution is -2.23. The summed E-state index contributed by atoms with van der Waals surface area (Å²) in [6.45, 7) is 7.55. The minimum atomic E-state index is 0.000462. The van der Waals surface area contributed by atoms with E-state index in [1.807, 2.05) is 49.4 Å². The molecule has 0 bridgehead atoms. The Labute approximate surface area is 148 Å². The average Bonchev–Trinajstić information content (AvgIpc) is 2.61. The van der Waals surface area contributed by atoms with E-state index in [0.717, 1.165) is 28.8 Å². The van der Waals surface area contributed by atoms with E-state index in [0.29, 0.717) is 24.6 Å². The van der Waals surface area contributed by atoms with Crippen LogP contribution in [0.2, 0.25) is 0 Å². The van der Waals surface area contributed by atoms with Crippen molar-refractivity contribution in [3.05, 3.63) is 59.0 Å². The maximum absolute atomic E-state index is 13.1. The van der Waals surface area contributed by atoms with Gasteiger partial charge < -0.3 is 4.74 Å². The van der Waals surface area contributed by atoms with Crippen LogP contribution in [0.3, 0.4) is 0 Å².